The minimum atomic E-state index is -0.112. The first-order valence-corrected chi connectivity index (χ1v) is 10.7. The molecule has 5 rings (SSSR count). The lowest BCUT2D eigenvalue weighted by Crippen LogP contribution is -2.21. The van der Waals surface area contributed by atoms with Gasteiger partial charge in [0.2, 0.25) is 0 Å². The third kappa shape index (κ3) is 3.43. The van der Waals surface area contributed by atoms with Gasteiger partial charge in [0.25, 0.3) is 5.91 Å². The maximum absolute atomic E-state index is 12.4. The summed E-state index contributed by atoms with van der Waals surface area (Å²) in [7, 11) is 3.57. The fourth-order valence-corrected chi connectivity index (χ4v) is 4.39. The van der Waals surface area contributed by atoms with E-state index in [-0.39, 0.29) is 11.9 Å². The second kappa shape index (κ2) is 7.96. The number of aryl methyl sites for hydroxylation is 3. The van der Waals surface area contributed by atoms with E-state index in [9.17, 15) is 4.79 Å². The Morgan fingerprint density at radius 1 is 1.16 bits per heavy atom. The Balaban J connectivity index is 1.63. The Morgan fingerprint density at radius 3 is 2.78 bits per heavy atom. The summed E-state index contributed by atoms with van der Waals surface area (Å²) in [5.74, 6) is -0.112. The summed E-state index contributed by atoms with van der Waals surface area (Å²) < 4.78 is 3.78. The summed E-state index contributed by atoms with van der Waals surface area (Å²) in [6.45, 7) is 2.72. The van der Waals surface area contributed by atoms with Gasteiger partial charge in [-0.15, -0.1) is 5.10 Å². The number of benzene rings is 2. The number of nitrogens with zero attached hydrogens (tertiary/aromatic N) is 5. The van der Waals surface area contributed by atoms with Crippen molar-refractivity contribution in [3.05, 3.63) is 71.7 Å². The monoisotopic (exact) mass is 427 g/mol. The molecule has 0 saturated carbocycles. The van der Waals surface area contributed by atoms with E-state index >= 15 is 0 Å². The van der Waals surface area contributed by atoms with Crippen molar-refractivity contribution in [3.63, 3.8) is 0 Å². The second-order valence-electron chi connectivity index (χ2n) is 8.06. The minimum absolute atomic E-state index is 0.00599. The van der Waals surface area contributed by atoms with Crippen LogP contribution >= 0.6 is 0 Å². The Bertz CT molecular complexity index is 1300. The molecule has 4 aromatic rings. The van der Waals surface area contributed by atoms with Gasteiger partial charge in [-0.1, -0.05) is 29.5 Å². The molecule has 0 bridgehead atoms. The van der Waals surface area contributed by atoms with Crippen LogP contribution in [0.25, 0.3) is 22.4 Å². The van der Waals surface area contributed by atoms with Gasteiger partial charge in [-0.05, 0) is 42.7 Å². The third-order valence-corrected chi connectivity index (χ3v) is 5.98. The number of aromatic nitrogens is 5. The van der Waals surface area contributed by atoms with Crippen molar-refractivity contribution in [3.8, 4) is 22.4 Å². The molecule has 3 heterocycles. The molecule has 0 radical (unpaired) electrons. The minimum Gasteiger partial charge on any atom is -0.377 e. The fourth-order valence-electron chi connectivity index (χ4n) is 4.39. The first-order valence-electron chi connectivity index (χ1n) is 10.7. The van der Waals surface area contributed by atoms with Gasteiger partial charge in [0.15, 0.2) is 0 Å². The lowest BCUT2D eigenvalue weighted by Gasteiger charge is -2.22. The zero-order valence-electron chi connectivity index (χ0n) is 18.3. The number of nitrogens with one attached hydrogen (secondary N) is 2. The Labute approximate surface area is 186 Å². The number of hydrogen-bond acceptors (Lipinski definition) is 5. The smallest absolute Gasteiger partial charge is 0.253 e. The Kier molecular flexibility index (Phi) is 4.97. The van der Waals surface area contributed by atoms with Crippen LogP contribution in [-0.4, -0.2) is 37.7 Å². The van der Waals surface area contributed by atoms with E-state index in [0.29, 0.717) is 5.56 Å². The molecule has 0 spiro atoms. The first kappa shape index (κ1) is 20.0. The molecular formula is C24H25N7O. The van der Waals surface area contributed by atoms with Crippen LogP contribution in [0.2, 0.25) is 0 Å². The van der Waals surface area contributed by atoms with Crippen molar-refractivity contribution in [1.82, 2.24) is 30.1 Å². The molecule has 1 amide bonds. The van der Waals surface area contributed by atoms with Crippen LogP contribution in [0.3, 0.4) is 0 Å². The molecule has 8 heteroatoms. The summed E-state index contributed by atoms with van der Waals surface area (Å²) >= 11 is 0. The number of carbonyl (C=O) groups excluding carboxylic acids is 1. The molecule has 8 nitrogen and oxygen atoms in total. The van der Waals surface area contributed by atoms with Crippen molar-refractivity contribution in [2.24, 2.45) is 7.05 Å². The third-order valence-electron chi connectivity index (χ3n) is 5.98. The number of rotatable bonds is 4. The van der Waals surface area contributed by atoms with Gasteiger partial charge in [-0.3, -0.25) is 9.48 Å². The number of hydrogen-bond donors (Lipinski definition) is 2. The zero-order valence-corrected chi connectivity index (χ0v) is 18.3. The molecule has 1 aliphatic rings. The maximum atomic E-state index is 12.4. The summed E-state index contributed by atoms with van der Waals surface area (Å²) in [4.78, 5) is 12.4. The number of carbonyl (C=O) groups is 1. The molecule has 2 aromatic carbocycles. The van der Waals surface area contributed by atoms with E-state index in [2.05, 4.69) is 44.2 Å². The largest absolute Gasteiger partial charge is 0.377 e. The molecule has 32 heavy (non-hydrogen) atoms. The highest BCUT2D eigenvalue weighted by atomic mass is 16.1. The van der Waals surface area contributed by atoms with Crippen molar-refractivity contribution in [2.75, 3.05) is 12.4 Å². The van der Waals surface area contributed by atoms with Gasteiger partial charge in [0.05, 0.1) is 29.2 Å². The molecule has 1 aliphatic heterocycles. The molecule has 0 saturated heterocycles. The average Bonchev–Trinajstić information content (AvgIpc) is 3.37. The van der Waals surface area contributed by atoms with Crippen LogP contribution in [0.1, 0.15) is 34.1 Å². The second-order valence-corrected chi connectivity index (χ2v) is 8.06. The highest BCUT2D eigenvalue weighted by Crippen LogP contribution is 2.39. The van der Waals surface area contributed by atoms with Gasteiger partial charge < -0.3 is 10.6 Å². The van der Waals surface area contributed by atoms with E-state index < -0.39 is 0 Å². The summed E-state index contributed by atoms with van der Waals surface area (Å²) in [5.41, 5.74) is 7.81. The molecule has 0 fully saturated rings. The number of amides is 1. The molecule has 1 unspecified atom stereocenters. The van der Waals surface area contributed by atoms with Gasteiger partial charge >= 0.3 is 0 Å². The molecule has 1 atom stereocenters. The van der Waals surface area contributed by atoms with Crippen LogP contribution < -0.4 is 10.6 Å². The maximum Gasteiger partial charge on any atom is 0.253 e. The molecule has 2 aromatic heterocycles. The number of para-hydroxylation sites is 1. The Hall–Kier alpha value is -3.94. The van der Waals surface area contributed by atoms with Crippen LogP contribution in [0.15, 0.2) is 54.9 Å². The first-order chi connectivity index (χ1) is 15.5. The average molecular weight is 428 g/mol. The number of anilines is 1. The van der Waals surface area contributed by atoms with Crippen LogP contribution in [-0.2, 0) is 13.6 Å². The van der Waals surface area contributed by atoms with Crippen LogP contribution in [0.4, 0.5) is 5.69 Å². The summed E-state index contributed by atoms with van der Waals surface area (Å²) in [5, 5.41) is 19.4. The van der Waals surface area contributed by atoms with E-state index in [1.54, 1.807) is 11.7 Å². The van der Waals surface area contributed by atoms with E-state index in [1.165, 1.54) is 0 Å². The van der Waals surface area contributed by atoms with Gasteiger partial charge in [0, 0.05) is 43.7 Å². The van der Waals surface area contributed by atoms with Crippen molar-refractivity contribution in [1.29, 1.82) is 0 Å². The standard InChI is InChI=1S/C24H25N7O/c1-15-23-18-9-8-16(17-13-26-30(3)14-17)12-20(18)22(10-11-31(23)29-28-15)27-21-7-5-4-6-19(21)24(32)25-2/h4-9,12-14,22,27H,10-11H2,1-3H3,(H,25,32). The SMILES string of the molecule is CNC(=O)c1ccccc1NC1CCn2nnc(C)c2-c2ccc(-c3cnn(C)c3)cc21. The zero-order chi connectivity index (χ0) is 22.2. The lowest BCUT2D eigenvalue weighted by atomic mass is 9.92. The van der Waals surface area contributed by atoms with Crippen molar-refractivity contribution < 1.29 is 4.79 Å². The van der Waals surface area contributed by atoms with E-state index in [1.807, 2.05) is 55.3 Å². The van der Waals surface area contributed by atoms with Gasteiger partial charge in [-0.25, -0.2) is 4.68 Å². The van der Waals surface area contributed by atoms with Gasteiger partial charge in [0.1, 0.15) is 0 Å². The van der Waals surface area contributed by atoms with E-state index in [4.69, 9.17) is 0 Å². The normalized spacial score (nSPS) is 14.9. The van der Waals surface area contributed by atoms with Gasteiger partial charge in [-0.2, -0.15) is 5.10 Å². The topological polar surface area (TPSA) is 89.7 Å². The fraction of sp³-hybridized carbons (Fsp3) is 0.250. The molecule has 0 aliphatic carbocycles. The summed E-state index contributed by atoms with van der Waals surface area (Å²) in [6, 6.07) is 14.1. The quantitative estimate of drug-likeness (QED) is 0.520. The van der Waals surface area contributed by atoms with Crippen molar-refractivity contribution in [2.45, 2.75) is 25.9 Å². The van der Waals surface area contributed by atoms with Crippen LogP contribution in [0.5, 0.6) is 0 Å². The highest BCUT2D eigenvalue weighted by molar-refractivity contribution is 5.99. The Morgan fingerprint density at radius 2 is 2.00 bits per heavy atom. The van der Waals surface area contributed by atoms with Crippen LogP contribution in [0, 0.1) is 6.92 Å². The summed E-state index contributed by atoms with van der Waals surface area (Å²) in [6.07, 6.45) is 4.69. The highest BCUT2D eigenvalue weighted by Gasteiger charge is 2.26. The predicted octanol–water partition coefficient (Wildman–Crippen LogP) is 3.57. The van der Waals surface area contributed by atoms with E-state index in [0.717, 1.165) is 52.3 Å². The number of fused-ring (bicyclic) bond motifs is 3. The molecule has 2 N–H and O–H groups in total. The van der Waals surface area contributed by atoms with Crippen molar-refractivity contribution >= 4 is 11.6 Å². The molecular weight excluding hydrogens is 402 g/mol. The predicted molar refractivity (Wildman–Crippen MR) is 123 cm³/mol. The lowest BCUT2D eigenvalue weighted by molar-refractivity contribution is 0.0964. The molecule has 162 valence electrons.